The van der Waals surface area contributed by atoms with Crippen molar-refractivity contribution in [2.24, 2.45) is 17.2 Å². The number of aromatic nitrogens is 7. The number of benzene rings is 2. The second kappa shape index (κ2) is 65.1. The van der Waals surface area contributed by atoms with Crippen LogP contribution in [0.2, 0.25) is 0 Å². The number of H-pyrrole nitrogens is 3. The summed E-state index contributed by atoms with van der Waals surface area (Å²) >= 11 is 0. The Morgan fingerprint density at radius 3 is 1.87 bits per heavy atom. The number of imidazole rings is 1. The van der Waals surface area contributed by atoms with Gasteiger partial charge in [0.05, 0.1) is 64.2 Å². The molecule has 145 heavy (non-hydrogen) atoms. The fourth-order valence-electron chi connectivity index (χ4n) is 16.4. The lowest BCUT2D eigenvalue weighted by Gasteiger charge is -2.31. The van der Waals surface area contributed by atoms with Gasteiger partial charge in [-0.1, -0.05) is 139 Å². The summed E-state index contributed by atoms with van der Waals surface area (Å²) in [6.07, 6.45) is 15.1. The monoisotopic (exact) mass is 2030 g/mol. The highest BCUT2D eigenvalue weighted by molar-refractivity contribution is 6.01. The third-order valence-corrected chi connectivity index (χ3v) is 24.2. The smallest absolute Gasteiger partial charge is 0.317 e. The second-order valence-corrected chi connectivity index (χ2v) is 35.9. The number of nitrogens with one attached hydrogen (secondary N) is 18. The van der Waals surface area contributed by atoms with Crippen LogP contribution in [-0.4, -0.2) is 336 Å². The molecular weight excluding hydrogens is 1890 g/mol. The van der Waals surface area contributed by atoms with Crippen LogP contribution in [0.15, 0.2) is 73.3 Å². The van der Waals surface area contributed by atoms with Crippen molar-refractivity contribution in [3.8, 4) is 0 Å². The highest BCUT2D eigenvalue weighted by Gasteiger charge is 2.45. The first kappa shape index (κ1) is 118. The standard InChI is InChI=1S/C94H143N27O24/c1-2-3-28-65(84(134)111-68-35-37-78(126)100-38-23-22-30-64(83(96)133)107-88(138)70(45-59-48-103-63-29-21-20-27-62(59)63)112-85(135)66(31-24-39-102-94(97)98)108-87(137)69(44-58-25-16-15-17-26-58)114-92(142)74-47-61(123)51-121(74)93(68)143)109-90(140)72(52-120(53-81(129)130)54-82(131)132)115-89(139)71(46-60-49-99-57-105-60)113-86(136)67(34-36-75(95)124)110-91(141)73(55-122)106-79(127)50-104-80(128)56-145-43-42-144-41-40-101-77(125)33-19-14-12-10-8-6-4-5-7-9-11-13-18-32-76-116-118-119-117-76/h15-17,20-21,25-27,29,48-49,57,61,64-74,103,122-123H,2-14,18-19,22-24,28,30-47,50-56H2,1H3,(H2,95,124)(H2,96,133)(H,99,105)(H,100,126)(H,101,125)(H,104,128)(H,106,127)(H,107,138)(H,108,137)(H,109,140)(H,110,141)(H,111,134)(H,112,135)(H,113,136)(H,114,142)(H,115,139)(H,129,130)(H,131,132)(H4,97,98,102)(H,116,117,118,119)/t61-,64+,65+,66+,67+,68+,69-,70+,71+,72+,73+,74+/m1/s1. The number of aliphatic hydroxyl groups excluding tert-OH is 2. The number of aromatic amines is 3. The highest BCUT2D eigenvalue weighted by atomic mass is 16.5. The predicted octanol–water partition coefficient (Wildman–Crippen LogP) is -4.04. The Morgan fingerprint density at radius 2 is 1.21 bits per heavy atom. The normalized spacial score (nSPS) is 18.3. The van der Waals surface area contributed by atoms with Crippen molar-refractivity contribution >= 4 is 123 Å². The lowest BCUT2D eigenvalue weighted by atomic mass is 10.0. The van der Waals surface area contributed by atoms with E-state index in [9.17, 15) is 78.0 Å². The number of hydrogen-bond acceptors (Lipinski definition) is 28. The van der Waals surface area contributed by atoms with E-state index in [-0.39, 0.29) is 109 Å². The van der Waals surface area contributed by atoms with E-state index in [4.69, 9.17) is 32.1 Å². The largest absolute Gasteiger partial charge is 0.480 e. The van der Waals surface area contributed by atoms with Crippen LogP contribution in [-0.2, 0) is 121 Å². The molecule has 0 saturated carbocycles. The van der Waals surface area contributed by atoms with Gasteiger partial charge in [-0.25, -0.2) is 10.1 Å². The van der Waals surface area contributed by atoms with Crippen LogP contribution in [0.4, 0.5) is 0 Å². The molecule has 16 amide bonds. The van der Waals surface area contributed by atoms with E-state index in [2.05, 4.69) is 110 Å². The molecule has 0 radical (unpaired) electrons. The first-order valence-electron chi connectivity index (χ1n) is 49.4. The zero-order valence-corrected chi connectivity index (χ0v) is 81.8. The summed E-state index contributed by atoms with van der Waals surface area (Å²) in [6, 6.07) is -3.40. The minimum absolute atomic E-state index is 0.0198. The molecule has 2 fully saturated rings. The number of rotatable bonds is 61. The van der Waals surface area contributed by atoms with Crippen LogP contribution in [0.3, 0.4) is 0 Å². The fourth-order valence-corrected chi connectivity index (χ4v) is 16.4. The number of aliphatic carboxylic acids is 2. The third kappa shape index (κ3) is 45.1. The summed E-state index contributed by atoms with van der Waals surface area (Å²) in [6.45, 7) is -4.06. The molecule has 5 heterocycles. The van der Waals surface area contributed by atoms with Gasteiger partial charge in [0.1, 0.15) is 78.9 Å². The zero-order chi connectivity index (χ0) is 105. The molecular formula is C94H143N27O24. The average molecular weight is 2040 g/mol. The Morgan fingerprint density at radius 1 is 0.600 bits per heavy atom. The average Bonchev–Trinajstić information content (AvgIpc) is 1.67. The van der Waals surface area contributed by atoms with E-state index in [1.807, 2.05) is 0 Å². The molecule has 2 aromatic carbocycles. The second-order valence-electron chi connectivity index (χ2n) is 35.9. The third-order valence-electron chi connectivity index (χ3n) is 24.2. The van der Waals surface area contributed by atoms with Gasteiger partial charge in [-0.05, 0) is 91.8 Å². The maximum Gasteiger partial charge on any atom is 0.317 e. The minimum atomic E-state index is -2.10. The SMILES string of the molecule is CCCC[C@H](NC(=O)[C@H](CN(CC(=O)O)CC(=O)O)NC(=O)[C@H](Cc1c[nH]cn1)NC(=O)[C@H](CCC(N)=O)NC(=O)[C@H](CO)NC(=O)CNC(=O)COCCOCCNC(=O)CCCCCCCCCCCCCCCc1nnn[nH]1)C(=O)N[C@H]1CCC(=O)NCCCC[C@@H](C(N)=O)NC(=O)[C@H](Cc2c[nH]c3ccccc23)NC(=O)[C@H](CCCNC(=N)N)NC(=O)[C@@H](Cc2ccccc2)NC(=O)[C@@H]2C[C@@H](O)CN2C1=O. The predicted molar refractivity (Wildman–Crippen MR) is 521 cm³/mol. The molecule has 12 atom stereocenters. The Bertz CT molecular complexity index is 4980. The molecule has 0 aliphatic carbocycles. The Hall–Kier alpha value is -14.2. The van der Waals surface area contributed by atoms with Crippen LogP contribution in [0, 0.1) is 5.41 Å². The molecule has 51 heteroatoms. The molecule has 28 N–H and O–H groups in total. The van der Waals surface area contributed by atoms with Gasteiger partial charge in [0, 0.05) is 107 Å². The summed E-state index contributed by atoms with van der Waals surface area (Å²) < 4.78 is 10.8. The van der Waals surface area contributed by atoms with E-state index in [0.29, 0.717) is 34.9 Å². The van der Waals surface area contributed by atoms with Crippen molar-refractivity contribution < 1.29 is 116 Å². The van der Waals surface area contributed by atoms with Gasteiger partial charge in [-0.15, -0.1) is 5.10 Å². The van der Waals surface area contributed by atoms with E-state index < -0.39 is 264 Å². The summed E-state index contributed by atoms with van der Waals surface area (Å²) in [4.78, 5) is 263. The number of hydrogen-bond donors (Lipinski definition) is 25. The van der Waals surface area contributed by atoms with E-state index >= 15 is 28.8 Å². The van der Waals surface area contributed by atoms with Crippen molar-refractivity contribution in [3.05, 3.63) is 96.0 Å². The molecule has 0 spiro atoms. The number of guanidine groups is 1. The number of nitrogens with two attached hydrogens (primary N) is 3. The molecule has 2 saturated heterocycles. The topological polar surface area (TPSA) is 782 Å². The van der Waals surface area contributed by atoms with Crippen LogP contribution in [0.1, 0.15) is 203 Å². The number of ether oxygens (including phenoxy) is 2. The van der Waals surface area contributed by atoms with Crippen LogP contribution in [0.5, 0.6) is 0 Å². The Labute approximate surface area is 838 Å². The number of nitrogens with zero attached hydrogens (tertiary/aromatic N) is 6. The maximum atomic E-state index is 15.5. The van der Waals surface area contributed by atoms with Crippen LogP contribution >= 0.6 is 0 Å². The van der Waals surface area contributed by atoms with Crippen LogP contribution in [0.25, 0.3) is 10.9 Å². The lowest BCUT2D eigenvalue weighted by Crippen LogP contribution is -2.62. The summed E-state index contributed by atoms with van der Waals surface area (Å²) in [5.74, 6) is -18.4. The summed E-state index contributed by atoms with van der Waals surface area (Å²) in [5.41, 5.74) is 18.8. The van der Waals surface area contributed by atoms with Crippen molar-refractivity contribution in [1.29, 1.82) is 5.41 Å². The number of para-hydroxylation sites is 1. The van der Waals surface area contributed by atoms with Crippen molar-refractivity contribution in [2.75, 3.05) is 85.4 Å². The van der Waals surface area contributed by atoms with Gasteiger partial charge in [-0.2, -0.15) is 0 Å². The van der Waals surface area contributed by atoms with Gasteiger partial charge in [0.25, 0.3) is 0 Å². The van der Waals surface area contributed by atoms with Gasteiger partial charge in [0.2, 0.25) is 94.5 Å². The Kier molecular flexibility index (Phi) is 52.9. The van der Waals surface area contributed by atoms with Gasteiger partial charge < -0.3 is 136 Å². The molecule has 2 aliphatic heterocycles. The molecule has 2 aliphatic rings. The number of carboxylic acids is 2. The molecule has 0 unspecified atom stereocenters. The number of primary amides is 2. The number of tetrazole rings is 1. The van der Waals surface area contributed by atoms with E-state index in [0.717, 1.165) is 54.1 Å². The van der Waals surface area contributed by atoms with Gasteiger partial charge >= 0.3 is 11.9 Å². The van der Waals surface area contributed by atoms with Crippen molar-refractivity contribution in [1.82, 2.24) is 120 Å². The zero-order valence-electron chi connectivity index (χ0n) is 81.8. The van der Waals surface area contributed by atoms with Crippen molar-refractivity contribution in [3.63, 3.8) is 0 Å². The lowest BCUT2D eigenvalue weighted by molar-refractivity contribution is -0.144. The van der Waals surface area contributed by atoms with Crippen molar-refractivity contribution in [2.45, 2.75) is 279 Å². The number of amides is 16. The summed E-state index contributed by atoms with van der Waals surface area (Å²) in [5, 5.41) is 100.0. The van der Waals surface area contributed by atoms with E-state index in [1.54, 1.807) is 67.7 Å². The molecule has 51 nitrogen and oxygen atoms in total. The molecule has 0 bridgehead atoms. The fraction of sp³-hybridized carbons (Fsp3) is 0.606. The number of carboxylic acid groups (broad SMARTS) is 2. The number of carbonyl (C=O) groups is 18. The summed E-state index contributed by atoms with van der Waals surface area (Å²) in [7, 11) is 0. The quantitative estimate of drug-likeness (QED) is 0.0100. The molecule has 5 aromatic rings. The van der Waals surface area contributed by atoms with E-state index in [1.165, 1.54) is 63.9 Å². The highest BCUT2D eigenvalue weighted by Crippen LogP contribution is 2.25. The number of aryl methyl sites for hydroxylation is 1. The number of unbranched alkanes of at least 4 members (excludes halogenated alkanes) is 13. The molecule has 7 rings (SSSR count). The number of carbonyl (C=O) groups excluding carboxylic acids is 16. The number of fused-ring (bicyclic) bond motifs is 2. The van der Waals surface area contributed by atoms with Gasteiger partial charge in [-0.3, -0.25) is 96.6 Å². The first-order chi connectivity index (χ1) is 69.7. The Balaban J connectivity index is 1.02. The van der Waals surface area contributed by atoms with Crippen LogP contribution < -0.4 is 91.6 Å². The number of aliphatic hydroxyl groups is 2. The van der Waals surface area contributed by atoms with Gasteiger partial charge in [0.15, 0.2) is 5.96 Å². The molecule has 798 valence electrons. The molecule has 3 aromatic heterocycles. The maximum absolute atomic E-state index is 15.5. The minimum Gasteiger partial charge on any atom is -0.480 e. The first-order valence-corrected chi connectivity index (χ1v) is 49.4.